The lowest BCUT2D eigenvalue weighted by atomic mass is 10.1. The van der Waals surface area contributed by atoms with Crippen LogP contribution in [0.15, 0.2) is 42.2 Å². The molecule has 1 aromatic carbocycles. The topological polar surface area (TPSA) is 18.5 Å². The van der Waals surface area contributed by atoms with Crippen molar-refractivity contribution in [2.45, 2.75) is 12.5 Å². The standard InChI is InChI=1S/C12H14O2/c1-13-11-7-8-14-12(11)9-10-5-3-2-4-6-10/h2-7,12H,8-9H2,1H3/t12-/m0/s1. The molecule has 1 heterocycles. The third-order valence-electron chi connectivity index (χ3n) is 2.40. The molecule has 0 fully saturated rings. The van der Waals surface area contributed by atoms with Crippen molar-refractivity contribution in [3.8, 4) is 0 Å². The number of rotatable bonds is 3. The molecule has 2 heteroatoms. The Morgan fingerprint density at radius 3 is 2.86 bits per heavy atom. The van der Waals surface area contributed by atoms with Crippen molar-refractivity contribution < 1.29 is 9.47 Å². The van der Waals surface area contributed by atoms with E-state index in [-0.39, 0.29) is 6.10 Å². The minimum absolute atomic E-state index is 0.0994. The van der Waals surface area contributed by atoms with E-state index in [1.807, 2.05) is 24.3 Å². The highest BCUT2D eigenvalue weighted by atomic mass is 16.5. The SMILES string of the molecule is COC1=CCO[C@H]1Cc1ccccc1. The van der Waals surface area contributed by atoms with Crippen LogP contribution in [-0.4, -0.2) is 19.8 Å². The molecule has 1 aliphatic rings. The minimum atomic E-state index is 0.0994. The average Bonchev–Trinajstić information content (AvgIpc) is 2.67. The Balaban J connectivity index is 2.02. The third kappa shape index (κ3) is 1.96. The van der Waals surface area contributed by atoms with Crippen LogP contribution < -0.4 is 0 Å². The molecule has 0 saturated heterocycles. The van der Waals surface area contributed by atoms with Gasteiger partial charge in [0.1, 0.15) is 11.9 Å². The number of benzene rings is 1. The zero-order chi connectivity index (χ0) is 9.80. The lowest BCUT2D eigenvalue weighted by Gasteiger charge is -2.13. The third-order valence-corrected chi connectivity index (χ3v) is 2.40. The van der Waals surface area contributed by atoms with Crippen LogP contribution in [0.4, 0.5) is 0 Å². The van der Waals surface area contributed by atoms with E-state index in [1.54, 1.807) is 7.11 Å². The van der Waals surface area contributed by atoms with Crippen molar-refractivity contribution in [3.63, 3.8) is 0 Å². The number of methoxy groups -OCH3 is 1. The van der Waals surface area contributed by atoms with Gasteiger partial charge >= 0.3 is 0 Å². The van der Waals surface area contributed by atoms with E-state index in [0.29, 0.717) is 6.61 Å². The predicted octanol–water partition coefficient (Wildman–Crippen LogP) is 2.16. The van der Waals surface area contributed by atoms with E-state index in [1.165, 1.54) is 5.56 Å². The fraction of sp³-hybridized carbons (Fsp3) is 0.333. The molecule has 0 N–H and O–H groups in total. The van der Waals surface area contributed by atoms with E-state index < -0.39 is 0 Å². The van der Waals surface area contributed by atoms with Crippen LogP contribution in [0.2, 0.25) is 0 Å². The van der Waals surface area contributed by atoms with Gasteiger partial charge in [-0.15, -0.1) is 0 Å². The summed E-state index contributed by atoms with van der Waals surface area (Å²) in [4.78, 5) is 0. The van der Waals surface area contributed by atoms with Crippen molar-refractivity contribution in [2.75, 3.05) is 13.7 Å². The molecular weight excluding hydrogens is 176 g/mol. The van der Waals surface area contributed by atoms with Gasteiger partial charge in [-0.05, 0) is 11.6 Å². The molecule has 0 saturated carbocycles. The molecule has 0 bridgehead atoms. The van der Waals surface area contributed by atoms with E-state index in [4.69, 9.17) is 9.47 Å². The van der Waals surface area contributed by atoms with Gasteiger partial charge in [-0.1, -0.05) is 30.3 Å². The molecule has 0 radical (unpaired) electrons. The summed E-state index contributed by atoms with van der Waals surface area (Å²) >= 11 is 0. The number of hydrogen-bond acceptors (Lipinski definition) is 2. The maximum absolute atomic E-state index is 5.54. The summed E-state index contributed by atoms with van der Waals surface area (Å²) in [7, 11) is 1.69. The summed E-state index contributed by atoms with van der Waals surface area (Å²) in [6.07, 6.45) is 2.98. The van der Waals surface area contributed by atoms with Crippen molar-refractivity contribution in [2.24, 2.45) is 0 Å². The highest BCUT2D eigenvalue weighted by Gasteiger charge is 2.20. The Hall–Kier alpha value is -1.28. The highest BCUT2D eigenvalue weighted by molar-refractivity contribution is 5.19. The quantitative estimate of drug-likeness (QED) is 0.727. The molecule has 1 aliphatic heterocycles. The van der Waals surface area contributed by atoms with Gasteiger partial charge in [0.25, 0.3) is 0 Å². The number of hydrogen-bond donors (Lipinski definition) is 0. The second-order valence-corrected chi connectivity index (χ2v) is 3.32. The molecule has 0 spiro atoms. The summed E-state index contributed by atoms with van der Waals surface area (Å²) < 4.78 is 10.8. The van der Waals surface area contributed by atoms with E-state index in [0.717, 1.165) is 12.2 Å². The zero-order valence-corrected chi connectivity index (χ0v) is 8.27. The summed E-state index contributed by atoms with van der Waals surface area (Å²) in [6, 6.07) is 10.3. The van der Waals surface area contributed by atoms with Gasteiger partial charge in [0.2, 0.25) is 0 Å². The smallest absolute Gasteiger partial charge is 0.123 e. The van der Waals surface area contributed by atoms with Crippen molar-refractivity contribution in [1.82, 2.24) is 0 Å². The van der Waals surface area contributed by atoms with E-state index in [2.05, 4.69) is 12.1 Å². The lowest BCUT2D eigenvalue weighted by molar-refractivity contribution is 0.0854. The molecule has 0 unspecified atom stereocenters. The first kappa shape index (κ1) is 9.28. The Bertz CT molecular complexity index is 316. The first-order valence-corrected chi connectivity index (χ1v) is 4.79. The molecule has 2 nitrogen and oxygen atoms in total. The van der Waals surface area contributed by atoms with Crippen LogP contribution in [0.3, 0.4) is 0 Å². The second-order valence-electron chi connectivity index (χ2n) is 3.32. The zero-order valence-electron chi connectivity index (χ0n) is 8.27. The largest absolute Gasteiger partial charge is 0.499 e. The summed E-state index contributed by atoms with van der Waals surface area (Å²) in [5, 5.41) is 0. The van der Waals surface area contributed by atoms with Crippen LogP contribution in [0.5, 0.6) is 0 Å². The summed E-state index contributed by atoms with van der Waals surface area (Å²) in [5.74, 6) is 0.953. The predicted molar refractivity (Wildman–Crippen MR) is 55.0 cm³/mol. The van der Waals surface area contributed by atoms with Gasteiger partial charge in [-0.25, -0.2) is 0 Å². The fourth-order valence-electron chi connectivity index (χ4n) is 1.66. The van der Waals surface area contributed by atoms with Gasteiger partial charge in [-0.2, -0.15) is 0 Å². The minimum Gasteiger partial charge on any atom is -0.499 e. The average molecular weight is 190 g/mol. The van der Waals surface area contributed by atoms with Crippen LogP contribution in [0, 0.1) is 0 Å². The maximum atomic E-state index is 5.54. The van der Waals surface area contributed by atoms with Gasteiger partial charge in [0.05, 0.1) is 13.7 Å². The molecule has 0 amide bonds. The molecular formula is C12H14O2. The molecule has 0 aliphatic carbocycles. The molecule has 74 valence electrons. The Kier molecular flexibility index (Phi) is 2.84. The van der Waals surface area contributed by atoms with Gasteiger partial charge in [0.15, 0.2) is 0 Å². The summed E-state index contributed by atoms with van der Waals surface area (Å²) in [5.41, 5.74) is 1.28. The fourth-order valence-corrected chi connectivity index (χ4v) is 1.66. The first-order chi connectivity index (χ1) is 6.90. The van der Waals surface area contributed by atoms with E-state index in [9.17, 15) is 0 Å². The Morgan fingerprint density at radius 1 is 1.36 bits per heavy atom. The molecule has 14 heavy (non-hydrogen) atoms. The van der Waals surface area contributed by atoms with Gasteiger partial charge in [-0.3, -0.25) is 0 Å². The summed E-state index contributed by atoms with van der Waals surface area (Å²) in [6.45, 7) is 0.667. The van der Waals surface area contributed by atoms with Crippen molar-refractivity contribution in [1.29, 1.82) is 0 Å². The van der Waals surface area contributed by atoms with Crippen molar-refractivity contribution >= 4 is 0 Å². The number of ether oxygens (including phenoxy) is 2. The lowest BCUT2D eigenvalue weighted by Crippen LogP contribution is -2.14. The highest BCUT2D eigenvalue weighted by Crippen LogP contribution is 2.19. The molecule has 1 aromatic rings. The first-order valence-electron chi connectivity index (χ1n) is 4.79. The van der Waals surface area contributed by atoms with Gasteiger partial charge < -0.3 is 9.47 Å². The second kappa shape index (κ2) is 4.29. The molecule has 0 aromatic heterocycles. The Labute approximate surface area is 84.2 Å². The Morgan fingerprint density at radius 2 is 2.14 bits per heavy atom. The maximum Gasteiger partial charge on any atom is 0.123 e. The van der Waals surface area contributed by atoms with Crippen LogP contribution in [0.25, 0.3) is 0 Å². The van der Waals surface area contributed by atoms with Gasteiger partial charge in [0, 0.05) is 6.42 Å². The molecule has 2 rings (SSSR count). The monoisotopic (exact) mass is 190 g/mol. The molecule has 1 atom stereocenters. The normalized spacial score (nSPS) is 20.6. The van der Waals surface area contributed by atoms with Crippen LogP contribution in [0.1, 0.15) is 5.56 Å². The van der Waals surface area contributed by atoms with E-state index >= 15 is 0 Å². The van der Waals surface area contributed by atoms with Crippen LogP contribution in [-0.2, 0) is 15.9 Å². The van der Waals surface area contributed by atoms with Crippen LogP contribution >= 0.6 is 0 Å². The van der Waals surface area contributed by atoms with Crippen molar-refractivity contribution in [3.05, 3.63) is 47.7 Å².